The van der Waals surface area contributed by atoms with Gasteiger partial charge in [-0.1, -0.05) is 12.1 Å². The Kier molecular flexibility index (Phi) is 15.2. The maximum absolute atomic E-state index is 10.7. The van der Waals surface area contributed by atoms with Gasteiger partial charge in [-0.2, -0.15) is 0 Å². The average Bonchev–Trinajstić information content (AvgIpc) is 4.15. The summed E-state index contributed by atoms with van der Waals surface area (Å²) in [5, 5.41) is 41.0. The zero-order chi connectivity index (χ0) is 43.4. The lowest BCUT2D eigenvalue weighted by Gasteiger charge is -2.39. The topological polar surface area (TPSA) is 168 Å². The average molecular weight is 1220 g/mol. The minimum atomic E-state index is -1.56. The van der Waals surface area contributed by atoms with Crippen molar-refractivity contribution in [3.8, 4) is 50.3 Å². The molecule has 7 aromatic rings. The molecule has 338 valence electrons. The van der Waals surface area contributed by atoms with E-state index in [1.807, 2.05) is 84.2 Å². The van der Waals surface area contributed by atoms with Crippen LogP contribution in [-0.4, -0.2) is 77.7 Å². The van der Waals surface area contributed by atoms with Gasteiger partial charge in [-0.3, -0.25) is 0 Å². The molecule has 0 spiro atoms. The van der Waals surface area contributed by atoms with Gasteiger partial charge in [0, 0.05) is 80.7 Å². The quantitative estimate of drug-likeness (QED) is 0.0695. The molecule has 0 saturated carbocycles. The maximum atomic E-state index is 10.7. The molecule has 6 aromatic heterocycles. The van der Waals surface area contributed by atoms with E-state index in [0.29, 0.717) is 5.75 Å². The van der Waals surface area contributed by atoms with Gasteiger partial charge in [0.05, 0.1) is 29.4 Å². The van der Waals surface area contributed by atoms with Crippen molar-refractivity contribution >= 4 is 46.4 Å². The summed E-state index contributed by atoms with van der Waals surface area (Å²) in [4.78, 5) is 18.3. The lowest BCUT2D eigenvalue weighted by atomic mass is 9.99. The fourth-order valence-electron chi connectivity index (χ4n) is 8.42. The highest BCUT2D eigenvalue weighted by molar-refractivity contribution is 6.00. The molecule has 3 aliphatic heterocycles. The maximum Gasteiger partial charge on any atom is 0.229 e. The van der Waals surface area contributed by atoms with E-state index in [0.717, 1.165) is 89.4 Å². The summed E-state index contributed by atoms with van der Waals surface area (Å²) in [5.41, 5.74) is 14.1. The highest BCUT2D eigenvalue weighted by atomic mass is 127. The molecule has 66 heavy (non-hydrogen) atoms. The summed E-state index contributed by atoms with van der Waals surface area (Å²) in [7, 11) is 5.99. The van der Waals surface area contributed by atoms with Gasteiger partial charge in [0.2, 0.25) is 6.29 Å². The minimum absolute atomic E-state index is 0. The molecular formula is C50H46I3N7O6. The van der Waals surface area contributed by atoms with E-state index in [1.54, 1.807) is 12.1 Å². The fraction of sp³-hybridized carbons (Fsp3) is 0.180. The number of halogens is 3. The van der Waals surface area contributed by atoms with Crippen LogP contribution in [0.1, 0.15) is 22.8 Å². The predicted molar refractivity (Wildman–Crippen MR) is 239 cm³/mol. The number of rotatable bonds is 7. The monoisotopic (exact) mass is 1220 g/mol. The number of hydrogen-bond donors (Lipinski definition) is 6. The highest BCUT2D eigenvalue weighted by Gasteiger charge is 2.44. The largest absolute Gasteiger partial charge is 1.00 e. The first-order valence-corrected chi connectivity index (χ1v) is 20.7. The van der Waals surface area contributed by atoms with Crippen molar-refractivity contribution in [2.24, 2.45) is 21.1 Å². The number of nitrogens with one attached hydrogen (secondary N) is 2. The second-order valence-electron chi connectivity index (χ2n) is 16.1. The number of hydrogen-bond acceptors (Lipinski definition) is 8. The summed E-state index contributed by atoms with van der Waals surface area (Å²) in [5.74, 6) is 0.355. The second-order valence-corrected chi connectivity index (χ2v) is 16.1. The number of pyridine rings is 3. The van der Waals surface area contributed by atoms with Crippen LogP contribution < -0.4 is 90.4 Å². The Balaban J connectivity index is 0.00000216. The van der Waals surface area contributed by atoms with E-state index >= 15 is 0 Å². The second kappa shape index (κ2) is 20.5. The standard InChI is InChI=1S/C50H45N7O6.3HI/c1-55-22-16-30(17-23-55)44-36-10-8-34(51-36)43(29-4-6-33(7-5-29)62-50-49(61)48(60)47(59)42(28-58)63-50)35-9-11-37(52-35)45(31-18-24-56(2)25-19-31)39-13-15-41(54-39)46(40-14-12-38(44)53-40)32-20-26-57(3)27-21-32;;;/h4-27,42,47-50,58-61H,28H2,1-3H3,(H,51,52,53,54);3*1H/q+2;;;/p-2/t42-,47-,48+,49-,50-;;;/m1.../s1. The zero-order valence-corrected chi connectivity index (χ0v) is 42.4. The number of aromatic amines is 2. The third-order valence-corrected chi connectivity index (χ3v) is 11.8. The van der Waals surface area contributed by atoms with Gasteiger partial charge in [-0.15, -0.1) is 0 Å². The van der Waals surface area contributed by atoms with Crippen LogP contribution in [0.2, 0.25) is 0 Å². The number of aryl methyl sites for hydroxylation is 3. The normalized spacial score (nSPS) is 18.5. The van der Waals surface area contributed by atoms with Crippen LogP contribution in [0, 0.1) is 0 Å². The third kappa shape index (κ3) is 9.46. The van der Waals surface area contributed by atoms with Gasteiger partial charge in [-0.05, 0) is 83.0 Å². The van der Waals surface area contributed by atoms with E-state index in [4.69, 9.17) is 19.4 Å². The molecular weight excluding hydrogens is 1180 g/mol. The number of benzene rings is 1. The van der Waals surface area contributed by atoms with Gasteiger partial charge in [0.1, 0.15) is 51.3 Å². The first kappa shape index (κ1) is 49.0. The van der Waals surface area contributed by atoms with Crippen molar-refractivity contribution < 1.29 is 116 Å². The minimum Gasteiger partial charge on any atom is -1.00 e. The van der Waals surface area contributed by atoms with Gasteiger partial charge < -0.3 is 112 Å². The third-order valence-electron chi connectivity index (χ3n) is 11.8. The molecule has 0 amide bonds. The molecule has 1 aromatic carbocycles. The smallest absolute Gasteiger partial charge is 0.229 e. The molecule has 5 atom stereocenters. The molecule has 6 N–H and O–H groups in total. The van der Waals surface area contributed by atoms with E-state index in [-0.39, 0.29) is 71.9 Å². The molecule has 1 fully saturated rings. The Morgan fingerprint density at radius 2 is 0.848 bits per heavy atom. The molecule has 3 aliphatic rings. The zero-order valence-electron chi connectivity index (χ0n) is 35.9. The number of fused-ring (bicyclic) bond motifs is 8. The molecule has 10 rings (SSSR count). The SMILES string of the molecule is C[n+]1ccc(-c2c3nc(c(-c4cc[n+](C)cc4)c4ccc([nH]4)c(-c4ccc(O[C@@H]5O[C@H](CO)[C@@H](O)[C@H](O)[C@H]5O)cc4)c4ccc([nH]4)c(-c4cc[n+](C)cc4)c4nc2C=C4)C=C3)cc1.[I-].[I-].[I-]. The Bertz CT molecular complexity index is 2960. The van der Waals surface area contributed by atoms with Crippen molar-refractivity contribution in [3.05, 3.63) is 145 Å². The molecule has 16 heteroatoms. The van der Waals surface area contributed by atoms with Gasteiger partial charge >= 0.3 is 0 Å². The van der Waals surface area contributed by atoms with Crippen molar-refractivity contribution in [1.29, 1.82) is 0 Å². The number of H-pyrrole nitrogens is 2. The first-order chi connectivity index (χ1) is 30.6. The summed E-state index contributed by atoms with van der Waals surface area (Å²) in [6.45, 7) is -0.555. The number of aliphatic hydroxyl groups is 4. The van der Waals surface area contributed by atoms with Gasteiger partial charge in [-0.25, -0.2) is 23.7 Å². The Labute approximate surface area is 431 Å². The van der Waals surface area contributed by atoms with Crippen molar-refractivity contribution in [3.63, 3.8) is 0 Å². The number of aromatic nitrogens is 7. The Hall–Kier alpha value is -4.94. The van der Waals surface area contributed by atoms with Crippen molar-refractivity contribution in [2.75, 3.05) is 6.61 Å². The first-order valence-electron chi connectivity index (χ1n) is 20.7. The predicted octanol–water partition coefficient (Wildman–Crippen LogP) is -4.01. The van der Waals surface area contributed by atoms with E-state index < -0.39 is 37.3 Å². The summed E-state index contributed by atoms with van der Waals surface area (Å²) in [6, 6.07) is 28.2. The summed E-state index contributed by atoms with van der Waals surface area (Å²) in [6.07, 6.45) is 13.5. The lowest BCUT2D eigenvalue weighted by molar-refractivity contribution is -0.671. The van der Waals surface area contributed by atoms with Crippen LogP contribution in [0.4, 0.5) is 0 Å². The van der Waals surface area contributed by atoms with Crippen molar-refractivity contribution in [2.45, 2.75) is 30.7 Å². The highest BCUT2D eigenvalue weighted by Crippen LogP contribution is 2.38. The molecule has 8 bridgehead atoms. The Morgan fingerprint density at radius 3 is 1.26 bits per heavy atom. The lowest BCUT2D eigenvalue weighted by Crippen LogP contribution is -3.00. The van der Waals surface area contributed by atoms with E-state index in [2.05, 4.69) is 94.9 Å². The van der Waals surface area contributed by atoms with E-state index in [9.17, 15) is 20.4 Å². The van der Waals surface area contributed by atoms with Gasteiger partial charge in [0.25, 0.3) is 0 Å². The van der Waals surface area contributed by atoms with Crippen LogP contribution >= 0.6 is 0 Å². The fourth-order valence-corrected chi connectivity index (χ4v) is 8.42. The van der Waals surface area contributed by atoms with Crippen LogP contribution in [0.3, 0.4) is 0 Å². The molecule has 1 saturated heterocycles. The number of ether oxygens (including phenoxy) is 2. The van der Waals surface area contributed by atoms with Crippen molar-refractivity contribution in [1.82, 2.24) is 19.9 Å². The molecule has 0 radical (unpaired) electrons. The van der Waals surface area contributed by atoms with Crippen LogP contribution in [0.15, 0.2) is 122 Å². The Morgan fingerprint density at radius 1 is 0.485 bits per heavy atom. The van der Waals surface area contributed by atoms with Crippen LogP contribution in [0.25, 0.3) is 90.9 Å². The van der Waals surface area contributed by atoms with Gasteiger partial charge in [0.15, 0.2) is 37.2 Å². The van der Waals surface area contributed by atoms with Crippen LogP contribution in [0.5, 0.6) is 5.75 Å². The number of aliphatic hydroxyl groups excluding tert-OH is 4. The molecule has 13 nitrogen and oxygen atoms in total. The number of nitrogens with zero attached hydrogens (tertiary/aromatic N) is 5. The van der Waals surface area contributed by atoms with E-state index in [1.165, 1.54) is 0 Å². The summed E-state index contributed by atoms with van der Waals surface area (Å²) < 4.78 is 17.6. The van der Waals surface area contributed by atoms with Crippen LogP contribution in [-0.2, 0) is 25.9 Å². The molecule has 0 aliphatic carbocycles. The summed E-state index contributed by atoms with van der Waals surface area (Å²) >= 11 is 0. The molecule has 9 heterocycles. The molecule has 0 unspecified atom stereocenters.